The minimum absolute atomic E-state index is 0.131. The van der Waals surface area contributed by atoms with Crippen LogP contribution in [0.1, 0.15) is 24.0 Å². The first-order chi connectivity index (χ1) is 14.7. The number of anilines is 1. The Hall–Kier alpha value is -2.49. The Bertz CT molecular complexity index is 996. The van der Waals surface area contributed by atoms with E-state index < -0.39 is 0 Å². The van der Waals surface area contributed by atoms with Crippen molar-refractivity contribution >= 4 is 32.6 Å². The number of morpholine rings is 1. The number of aryl methyl sites for hydroxylation is 1. The van der Waals surface area contributed by atoms with Crippen molar-refractivity contribution in [2.24, 2.45) is 7.05 Å². The van der Waals surface area contributed by atoms with E-state index in [1.165, 1.54) is 11.3 Å². The Balaban J connectivity index is 1.56. The van der Waals surface area contributed by atoms with Crippen molar-refractivity contribution in [1.29, 1.82) is 0 Å². The van der Waals surface area contributed by atoms with Crippen molar-refractivity contribution in [2.45, 2.75) is 13.3 Å². The number of amides is 1. The van der Waals surface area contributed by atoms with Gasteiger partial charge in [-0.1, -0.05) is 11.3 Å². The van der Waals surface area contributed by atoms with Gasteiger partial charge in [0, 0.05) is 45.6 Å². The average Bonchev–Trinajstić information content (AvgIpc) is 3.37. The van der Waals surface area contributed by atoms with Crippen LogP contribution in [0.25, 0.3) is 10.2 Å². The molecular formula is C21H27N5O3S. The molecule has 1 aliphatic heterocycles. The van der Waals surface area contributed by atoms with Crippen molar-refractivity contribution in [3.63, 3.8) is 0 Å². The van der Waals surface area contributed by atoms with Gasteiger partial charge in [0.2, 0.25) is 0 Å². The summed E-state index contributed by atoms with van der Waals surface area (Å²) in [5.41, 5.74) is 0.865. The Morgan fingerprint density at radius 2 is 2.17 bits per heavy atom. The standard InChI is InChI=1S/C21H27N5O3S/c1-3-29-16-5-6-17-18(15-16)30-21(23-17)26(20(27)19-22-7-10-24(19)2)9-4-8-25-11-13-28-14-12-25/h5-7,10,15H,3-4,8-9,11-14H2,1-2H3. The third kappa shape index (κ3) is 4.63. The highest BCUT2D eigenvalue weighted by Gasteiger charge is 2.24. The summed E-state index contributed by atoms with van der Waals surface area (Å²) in [4.78, 5) is 26.4. The van der Waals surface area contributed by atoms with Gasteiger partial charge in [-0.2, -0.15) is 0 Å². The van der Waals surface area contributed by atoms with Gasteiger partial charge in [0.15, 0.2) is 11.0 Å². The first-order valence-electron chi connectivity index (χ1n) is 10.3. The topological polar surface area (TPSA) is 72.7 Å². The van der Waals surface area contributed by atoms with Crippen LogP contribution < -0.4 is 9.64 Å². The van der Waals surface area contributed by atoms with Gasteiger partial charge < -0.3 is 14.0 Å². The highest BCUT2D eigenvalue weighted by molar-refractivity contribution is 7.22. The van der Waals surface area contributed by atoms with Crippen LogP contribution >= 0.6 is 11.3 Å². The molecule has 1 aliphatic rings. The SMILES string of the molecule is CCOc1ccc2nc(N(CCCN3CCOCC3)C(=O)c3nccn3C)sc2c1. The van der Waals surface area contributed by atoms with Crippen LogP contribution in [-0.4, -0.2) is 71.3 Å². The number of carbonyl (C=O) groups is 1. The van der Waals surface area contributed by atoms with Gasteiger partial charge in [0.05, 0.1) is 30.0 Å². The van der Waals surface area contributed by atoms with Crippen LogP contribution in [0, 0.1) is 0 Å². The van der Waals surface area contributed by atoms with E-state index in [-0.39, 0.29) is 5.91 Å². The van der Waals surface area contributed by atoms with Crippen LogP contribution in [0.4, 0.5) is 5.13 Å². The molecule has 8 nitrogen and oxygen atoms in total. The van der Waals surface area contributed by atoms with E-state index in [9.17, 15) is 4.79 Å². The molecule has 0 aliphatic carbocycles. The minimum Gasteiger partial charge on any atom is -0.494 e. The molecule has 4 rings (SSSR count). The monoisotopic (exact) mass is 429 g/mol. The average molecular weight is 430 g/mol. The van der Waals surface area contributed by atoms with Crippen LogP contribution in [0.15, 0.2) is 30.6 Å². The van der Waals surface area contributed by atoms with E-state index >= 15 is 0 Å². The number of imidazole rings is 1. The second-order valence-electron chi connectivity index (χ2n) is 7.19. The number of fused-ring (bicyclic) bond motifs is 1. The summed E-state index contributed by atoms with van der Waals surface area (Å²) in [6.45, 7) is 7.51. The maximum absolute atomic E-state index is 13.3. The first kappa shape index (κ1) is 20.8. The third-order valence-corrected chi connectivity index (χ3v) is 6.15. The molecule has 0 N–H and O–H groups in total. The smallest absolute Gasteiger partial charge is 0.296 e. The van der Waals surface area contributed by atoms with E-state index in [1.54, 1.807) is 21.9 Å². The number of hydrogen-bond acceptors (Lipinski definition) is 7. The van der Waals surface area contributed by atoms with Gasteiger partial charge in [-0.15, -0.1) is 0 Å². The minimum atomic E-state index is -0.131. The van der Waals surface area contributed by atoms with Gasteiger partial charge in [-0.3, -0.25) is 14.6 Å². The highest BCUT2D eigenvalue weighted by atomic mass is 32.1. The number of aromatic nitrogens is 3. The number of benzene rings is 1. The Kier molecular flexibility index (Phi) is 6.61. The molecule has 3 heterocycles. The molecule has 0 spiro atoms. The van der Waals surface area contributed by atoms with Gasteiger partial charge in [-0.25, -0.2) is 9.97 Å². The lowest BCUT2D eigenvalue weighted by molar-refractivity contribution is 0.0376. The van der Waals surface area contributed by atoms with E-state index in [0.29, 0.717) is 24.1 Å². The lowest BCUT2D eigenvalue weighted by Crippen LogP contribution is -2.39. The molecule has 3 aromatic rings. The molecule has 1 saturated heterocycles. The molecule has 1 amide bonds. The Morgan fingerprint density at radius 1 is 1.33 bits per heavy atom. The molecule has 2 aromatic heterocycles. The Labute approximate surface area is 180 Å². The maximum atomic E-state index is 13.3. The summed E-state index contributed by atoms with van der Waals surface area (Å²) >= 11 is 1.51. The second-order valence-corrected chi connectivity index (χ2v) is 8.19. The molecule has 0 atom stereocenters. The van der Waals surface area contributed by atoms with E-state index in [0.717, 1.165) is 55.2 Å². The number of ether oxygens (including phenoxy) is 2. The summed E-state index contributed by atoms with van der Waals surface area (Å²) in [7, 11) is 1.83. The fourth-order valence-electron chi connectivity index (χ4n) is 3.52. The van der Waals surface area contributed by atoms with Crippen molar-refractivity contribution in [3.05, 3.63) is 36.4 Å². The predicted molar refractivity (Wildman–Crippen MR) is 118 cm³/mol. The summed E-state index contributed by atoms with van der Waals surface area (Å²) < 4.78 is 13.8. The summed E-state index contributed by atoms with van der Waals surface area (Å²) in [6.07, 6.45) is 4.29. The summed E-state index contributed by atoms with van der Waals surface area (Å²) in [5, 5.41) is 0.689. The zero-order valence-electron chi connectivity index (χ0n) is 17.4. The fraction of sp³-hybridized carbons (Fsp3) is 0.476. The van der Waals surface area contributed by atoms with Gasteiger partial charge in [0.1, 0.15) is 5.75 Å². The summed E-state index contributed by atoms with van der Waals surface area (Å²) in [6, 6.07) is 5.84. The molecule has 1 aromatic carbocycles. The van der Waals surface area contributed by atoms with Gasteiger partial charge >= 0.3 is 0 Å². The number of nitrogens with zero attached hydrogens (tertiary/aromatic N) is 5. The molecular weight excluding hydrogens is 402 g/mol. The zero-order chi connectivity index (χ0) is 20.9. The highest BCUT2D eigenvalue weighted by Crippen LogP contribution is 2.32. The van der Waals surface area contributed by atoms with E-state index in [4.69, 9.17) is 14.5 Å². The number of thiazole rings is 1. The fourth-order valence-corrected chi connectivity index (χ4v) is 4.54. The Morgan fingerprint density at radius 3 is 2.90 bits per heavy atom. The number of rotatable bonds is 8. The molecule has 0 unspecified atom stereocenters. The van der Waals surface area contributed by atoms with Crippen LogP contribution in [0.3, 0.4) is 0 Å². The van der Waals surface area contributed by atoms with Crippen molar-refractivity contribution in [2.75, 3.05) is 50.9 Å². The molecule has 0 bridgehead atoms. The van der Waals surface area contributed by atoms with Crippen LogP contribution in [0.5, 0.6) is 5.75 Å². The van der Waals surface area contributed by atoms with E-state index in [2.05, 4.69) is 9.88 Å². The first-order valence-corrected chi connectivity index (χ1v) is 11.1. The maximum Gasteiger partial charge on any atom is 0.296 e. The van der Waals surface area contributed by atoms with Gasteiger partial charge in [0.25, 0.3) is 5.91 Å². The third-order valence-electron chi connectivity index (χ3n) is 5.11. The quantitative estimate of drug-likeness (QED) is 0.548. The molecule has 9 heteroatoms. The zero-order valence-corrected chi connectivity index (χ0v) is 18.2. The molecule has 160 valence electrons. The normalized spacial score (nSPS) is 14.9. The molecule has 0 saturated carbocycles. The second kappa shape index (κ2) is 9.55. The van der Waals surface area contributed by atoms with Crippen LogP contribution in [0.2, 0.25) is 0 Å². The molecule has 30 heavy (non-hydrogen) atoms. The van der Waals surface area contributed by atoms with Gasteiger partial charge in [-0.05, 0) is 31.5 Å². The van der Waals surface area contributed by atoms with Crippen LogP contribution in [-0.2, 0) is 11.8 Å². The number of hydrogen-bond donors (Lipinski definition) is 0. The van der Waals surface area contributed by atoms with Crippen molar-refractivity contribution in [3.8, 4) is 5.75 Å². The lowest BCUT2D eigenvalue weighted by Gasteiger charge is -2.27. The summed E-state index contributed by atoms with van der Waals surface area (Å²) in [5.74, 6) is 1.10. The predicted octanol–water partition coefficient (Wildman–Crippen LogP) is 2.80. The largest absolute Gasteiger partial charge is 0.494 e. The molecule has 0 radical (unpaired) electrons. The van der Waals surface area contributed by atoms with Crippen molar-refractivity contribution in [1.82, 2.24) is 19.4 Å². The van der Waals surface area contributed by atoms with Crippen molar-refractivity contribution < 1.29 is 14.3 Å². The molecule has 1 fully saturated rings. The number of carbonyl (C=O) groups excluding carboxylic acids is 1. The lowest BCUT2D eigenvalue weighted by atomic mass is 10.3. The van der Waals surface area contributed by atoms with E-state index in [1.807, 2.05) is 32.2 Å².